The van der Waals surface area contributed by atoms with Crippen molar-refractivity contribution in [2.24, 2.45) is 0 Å². The van der Waals surface area contributed by atoms with Crippen LogP contribution in [-0.2, 0) is 16.1 Å². The van der Waals surface area contributed by atoms with Crippen LogP contribution in [0.1, 0.15) is 5.56 Å². The van der Waals surface area contributed by atoms with Crippen LogP contribution in [0.3, 0.4) is 0 Å². The Kier molecular flexibility index (Phi) is 5.65. The summed E-state index contributed by atoms with van der Waals surface area (Å²) in [6.45, 7) is 1.38. The highest BCUT2D eigenvalue weighted by molar-refractivity contribution is 7.80. The van der Waals surface area contributed by atoms with E-state index in [1.807, 2.05) is 29.2 Å². The summed E-state index contributed by atoms with van der Waals surface area (Å²) in [6, 6.07) is 13.8. The van der Waals surface area contributed by atoms with Gasteiger partial charge in [0.25, 0.3) is 10.9 Å². The number of thiocarbonyl (C=S) groups is 1. The van der Waals surface area contributed by atoms with Crippen LogP contribution in [0.5, 0.6) is 5.75 Å². The Bertz CT molecular complexity index is 796. The fourth-order valence-corrected chi connectivity index (χ4v) is 2.97. The van der Waals surface area contributed by atoms with Crippen molar-refractivity contribution in [3.05, 3.63) is 64.2 Å². The minimum absolute atomic E-state index is 0.0506. The van der Waals surface area contributed by atoms with E-state index < -0.39 is 4.92 Å². The molecule has 0 N–H and O–H groups in total. The van der Waals surface area contributed by atoms with Gasteiger partial charge >= 0.3 is 0 Å². The molecule has 1 atom stereocenters. The van der Waals surface area contributed by atoms with Gasteiger partial charge in [-0.3, -0.25) is 15.0 Å². The average molecular weight is 374 g/mol. The third-order valence-electron chi connectivity index (χ3n) is 3.90. The van der Waals surface area contributed by atoms with Crippen molar-refractivity contribution in [1.82, 2.24) is 0 Å². The van der Waals surface area contributed by atoms with E-state index >= 15 is 0 Å². The molecule has 0 aromatic heterocycles. The number of nitro groups is 1. The number of nitrogens with zero attached hydrogens (tertiary/aromatic N) is 2. The zero-order valence-corrected chi connectivity index (χ0v) is 15.0. The summed E-state index contributed by atoms with van der Waals surface area (Å²) in [5.74, 6) is 0.666. The summed E-state index contributed by atoms with van der Waals surface area (Å²) in [7, 11) is 1.63. The lowest BCUT2D eigenvalue weighted by Crippen LogP contribution is -2.25. The lowest BCUT2D eigenvalue weighted by molar-refractivity contribution is -0.384. The quantitative estimate of drug-likeness (QED) is 0.418. The van der Waals surface area contributed by atoms with Crippen LogP contribution in [0, 0.1) is 10.1 Å². The smallest absolute Gasteiger partial charge is 0.269 e. The number of methoxy groups -OCH3 is 1. The molecule has 136 valence electrons. The monoisotopic (exact) mass is 374 g/mol. The Balaban J connectivity index is 1.61. The van der Waals surface area contributed by atoms with E-state index in [9.17, 15) is 10.1 Å². The summed E-state index contributed by atoms with van der Waals surface area (Å²) in [6.07, 6.45) is -0.0719. The molecule has 2 aromatic carbocycles. The normalized spacial score (nSPS) is 16.4. The highest BCUT2D eigenvalue weighted by atomic mass is 32.1. The maximum Gasteiger partial charge on any atom is 0.269 e. The molecule has 1 heterocycles. The molecule has 3 rings (SSSR count). The molecule has 1 unspecified atom stereocenters. The van der Waals surface area contributed by atoms with Gasteiger partial charge in [0.2, 0.25) is 0 Å². The van der Waals surface area contributed by atoms with Gasteiger partial charge in [0.15, 0.2) is 0 Å². The molecule has 1 saturated heterocycles. The van der Waals surface area contributed by atoms with Crippen molar-refractivity contribution >= 4 is 28.8 Å². The van der Waals surface area contributed by atoms with E-state index in [-0.39, 0.29) is 18.4 Å². The molecule has 0 amide bonds. The third kappa shape index (κ3) is 4.27. The maximum atomic E-state index is 10.8. The first-order chi connectivity index (χ1) is 12.6. The van der Waals surface area contributed by atoms with E-state index in [0.29, 0.717) is 24.1 Å². The fourth-order valence-electron chi connectivity index (χ4n) is 2.65. The molecule has 0 bridgehead atoms. The molecule has 0 aliphatic carbocycles. The minimum atomic E-state index is -0.420. The largest absolute Gasteiger partial charge is 0.489 e. The highest BCUT2D eigenvalue weighted by Gasteiger charge is 2.29. The number of hydrogen-bond donors (Lipinski definition) is 0. The zero-order valence-electron chi connectivity index (χ0n) is 14.2. The van der Waals surface area contributed by atoms with Crippen LogP contribution in [0.25, 0.3) is 0 Å². The molecule has 1 aliphatic rings. The topological polar surface area (TPSA) is 74.1 Å². The Morgan fingerprint density at radius 1 is 1.31 bits per heavy atom. The average Bonchev–Trinajstić information content (AvgIpc) is 3.01. The molecule has 0 radical (unpaired) electrons. The first-order valence-electron chi connectivity index (χ1n) is 8.00. The minimum Gasteiger partial charge on any atom is -0.489 e. The van der Waals surface area contributed by atoms with Crippen LogP contribution >= 0.6 is 12.2 Å². The second-order valence-corrected chi connectivity index (χ2v) is 6.13. The number of anilines is 1. The van der Waals surface area contributed by atoms with Gasteiger partial charge in [0.1, 0.15) is 18.5 Å². The first-order valence-corrected chi connectivity index (χ1v) is 8.41. The Hall–Kier alpha value is -2.71. The van der Waals surface area contributed by atoms with Gasteiger partial charge < -0.3 is 14.2 Å². The third-order valence-corrected chi connectivity index (χ3v) is 4.22. The van der Waals surface area contributed by atoms with E-state index in [2.05, 4.69) is 0 Å². The zero-order chi connectivity index (χ0) is 18.5. The van der Waals surface area contributed by atoms with Gasteiger partial charge in [-0.05, 0) is 42.0 Å². The number of non-ortho nitro benzene ring substituents is 1. The van der Waals surface area contributed by atoms with Crippen LogP contribution in [0.2, 0.25) is 0 Å². The molecule has 0 saturated carbocycles. The first kappa shape index (κ1) is 18.1. The van der Waals surface area contributed by atoms with Crippen molar-refractivity contribution in [2.75, 3.05) is 25.2 Å². The molecular formula is C18H18N2O5S. The van der Waals surface area contributed by atoms with E-state index in [1.165, 1.54) is 12.1 Å². The SMILES string of the molecule is COCC1CN(c2ccc(OCc3cccc([N+](=O)[O-])c3)cc2)C(=S)O1. The van der Waals surface area contributed by atoms with Gasteiger partial charge in [0, 0.05) is 24.9 Å². The molecule has 26 heavy (non-hydrogen) atoms. The fraction of sp³-hybridized carbons (Fsp3) is 0.278. The van der Waals surface area contributed by atoms with Crippen LogP contribution in [0.4, 0.5) is 11.4 Å². The molecular weight excluding hydrogens is 356 g/mol. The molecule has 7 nitrogen and oxygen atoms in total. The highest BCUT2D eigenvalue weighted by Crippen LogP contribution is 2.25. The number of hydrogen-bond acceptors (Lipinski definition) is 6. The lowest BCUT2D eigenvalue weighted by atomic mass is 10.2. The van der Waals surface area contributed by atoms with E-state index in [0.717, 1.165) is 11.3 Å². The van der Waals surface area contributed by atoms with Crippen molar-refractivity contribution < 1.29 is 19.1 Å². The summed E-state index contributed by atoms with van der Waals surface area (Å²) < 4.78 is 16.4. The van der Waals surface area contributed by atoms with Crippen molar-refractivity contribution in [3.8, 4) is 5.75 Å². The molecule has 1 fully saturated rings. The van der Waals surface area contributed by atoms with Gasteiger partial charge in [-0.15, -0.1) is 0 Å². The molecule has 1 aliphatic heterocycles. The van der Waals surface area contributed by atoms with Gasteiger partial charge in [-0.2, -0.15) is 0 Å². The Morgan fingerprint density at radius 3 is 2.77 bits per heavy atom. The standard InChI is InChI=1S/C18H18N2O5S/c1-23-12-17-10-19(18(26)25-17)14-5-7-16(8-6-14)24-11-13-3-2-4-15(9-13)20(21)22/h2-9,17H,10-12H2,1H3. The predicted octanol–water partition coefficient (Wildman–Crippen LogP) is 3.31. The van der Waals surface area contributed by atoms with Crippen LogP contribution < -0.4 is 9.64 Å². The number of ether oxygens (including phenoxy) is 3. The van der Waals surface area contributed by atoms with Gasteiger partial charge in [0.05, 0.1) is 18.1 Å². The van der Waals surface area contributed by atoms with E-state index in [1.54, 1.807) is 19.2 Å². The summed E-state index contributed by atoms with van der Waals surface area (Å²) in [5.41, 5.74) is 1.70. The van der Waals surface area contributed by atoms with Crippen molar-refractivity contribution in [2.45, 2.75) is 12.7 Å². The second kappa shape index (κ2) is 8.11. The Labute approximate surface area is 156 Å². The Morgan fingerprint density at radius 2 is 2.08 bits per heavy atom. The predicted molar refractivity (Wildman–Crippen MR) is 101 cm³/mol. The number of benzene rings is 2. The van der Waals surface area contributed by atoms with Crippen LogP contribution in [-0.4, -0.2) is 36.5 Å². The summed E-state index contributed by atoms with van der Waals surface area (Å²) in [5, 5.41) is 11.2. The van der Waals surface area contributed by atoms with Crippen molar-refractivity contribution in [3.63, 3.8) is 0 Å². The molecule has 8 heteroatoms. The lowest BCUT2D eigenvalue weighted by Gasteiger charge is -2.15. The summed E-state index contributed by atoms with van der Waals surface area (Å²) in [4.78, 5) is 12.3. The summed E-state index contributed by atoms with van der Waals surface area (Å²) >= 11 is 5.26. The second-order valence-electron chi connectivity index (χ2n) is 5.78. The number of rotatable bonds is 7. The molecule has 0 spiro atoms. The number of nitro benzene ring substituents is 1. The van der Waals surface area contributed by atoms with Crippen molar-refractivity contribution in [1.29, 1.82) is 0 Å². The van der Waals surface area contributed by atoms with Crippen LogP contribution in [0.15, 0.2) is 48.5 Å². The van der Waals surface area contributed by atoms with E-state index in [4.69, 9.17) is 26.4 Å². The maximum absolute atomic E-state index is 10.8. The molecule has 2 aromatic rings. The van der Waals surface area contributed by atoms with Gasteiger partial charge in [-0.25, -0.2) is 0 Å². The van der Waals surface area contributed by atoms with Gasteiger partial charge in [-0.1, -0.05) is 12.1 Å².